The molecule has 0 rings (SSSR count). The first-order valence-corrected chi connectivity index (χ1v) is 2.58. The van der Waals surface area contributed by atoms with Crippen LogP contribution in [0.1, 0.15) is 6.42 Å². The summed E-state index contributed by atoms with van der Waals surface area (Å²) in [6.07, 6.45) is -5.18. The zero-order valence-electron chi connectivity index (χ0n) is 5.11. The van der Waals surface area contributed by atoms with Crippen molar-refractivity contribution in [1.82, 2.24) is 0 Å². The van der Waals surface area contributed by atoms with E-state index in [1.54, 1.807) is 6.07 Å². The van der Waals surface area contributed by atoms with Crippen LogP contribution in [-0.2, 0) is 4.74 Å². The Kier molecular flexibility index (Phi) is 3.81. The summed E-state index contributed by atoms with van der Waals surface area (Å²) in [7, 11) is 0. The minimum Gasteiger partial charge on any atom is -0.366 e. The maximum absolute atomic E-state index is 11.3. The molecular weight excluding hydrogens is 147 g/mol. The van der Waals surface area contributed by atoms with Gasteiger partial charge in [-0.25, -0.2) is 0 Å². The summed E-state index contributed by atoms with van der Waals surface area (Å²) in [4.78, 5) is 0. The van der Waals surface area contributed by atoms with Gasteiger partial charge in [0.15, 0.2) is 0 Å². The number of halogens is 3. The van der Waals surface area contributed by atoms with Crippen molar-refractivity contribution in [2.24, 2.45) is 0 Å². The molecule has 0 saturated heterocycles. The SMILES string of the molecule is N#CCOCCC(F)(F)F. The average Bonchev–Trinajstić information content (AvgIpc) is 1.78. The molecule has 0 unspecified atom stereocenters. The van der Waals surface area contributed by atoms with Gasteiger partial charge < -0.3 is 4.74 Å². The Bertz CT molecular complexity index is 126. The number of nitrogens with zero attached hydrogens (tertiary/aromatic N) is 1. The molecule has 2 nitrogen and oxygen atoms in total. The number of alkyl halides is 3. The molecule has 0 fully saturated rings. The minimum absolute atomic E-state index is 0.282. The molecule has 0 atom stereocenters. The minimum atomic E-state index is -4.19. The van der Waals surface area contributed by atoms with Gasteiger partial charge in [-0.05, 0) is 0 Å². The Morgan fingerprint density at radius 1 is 1.40 bits per heavy atom. The zero-order valence-corrected chi connectivity index (χ0v) is 5.11. The fourth-order valence-corrected chi connectivity index (χ4v) is 0.306. The molecule has 5 heteroatoms. The molecule has 58 valence electrons. The van der Waals surface area contributed by atoms with Crippen molar-refractivity contribution < 1.29 is 17.9 Å². The summed E-state index contributed by atoms with van der Waals surface area (Å²) >= 11 is 0. The zero-order chi connectivity index (χ0) is 8.04. The molecule has 0 aromatic carbocycles. The molecule has 0 amide bonds. The van der Waals surface area contributed by atoms with Gasteiger partial charge >= 0.3 is 6.18 Å². The highest BCUT2D eigenvalue weighted by Gasteiger charge is 2.26. The van der Waals surface area contributed by atoms with Crippen LogP contribution in [0.3, 0.4) is 0 Å². The molecule has 0 aromatic rings. The van der Waals surface area contributed by atoms with Crippen LogP contribution in [-0.4, -0.2) is 19.4 Å². The van der Waals surface area contributed by atoms with Crippen molar-refractivity contribution in [2.45, 2.75) is 12.6 Å². The first kappa shape index (κ1) is 9.24. The number of ether oxygens (including phenoxy) is 1. The highest BCUT2D eigenvalue weighted by molar-refractivity contribution is 4.66. The lowest BCUT2D eigenvalue weighted by molar-refractivity contribution is -0.144. The van der Waals surface area contributed by atoms with Crippen LogP contribution in [0.25, 0.3) is 0 Å². The summed E-state index contributed by atoms with van der Waals surface area (Å²) in [6.45, 7) is -0.715. The fourth-order valence-electron chi connectivity index (χ4n) is 0.306. The van der Waals surface area contributed by atoms with E-state index in [0.29, 0.717) is 0 Å². The summed E-state index contributed by atoms with van der Waals surface area (Å²) < 4.78 is 38.2. The van der Waals surface area contributed by atoms with E-state index in [-0.39, 0.29) is 6.61 Å². The third-order valence-electron chi connectivity index (χ3n) is 0.696. The second-order valence-electron chi connectivity index (χ2n) is 1.58. The molecule has 0 aliphatic carbocycles. The predicted molar refractivity (Wildman–Crippen MR) is 27.1 cm³/mol. The highest BCUT2D eigenvalue weighted by atomic mass is 19.4. The molecule has 0 radical (unpaired) electrons. The van der Waals surface area contributed by atoms with Crippen LogP contribution in [0, 0.1) is 11.3 Å². The third kappa shape index (κ3) is 7.24. The molecule has 0 aromatic heterocycles. The van der Waals surface area contributed by atoms with Crippen molar-refractivity contribution in [2.75, 3.05) is 13.2 Å². The van der Waals surface area contributed by atoms with Gasteiger partial charge in [-0.2, -0.15) is 18.4 Å². The van der Waals surface area contributed by atoms with E-state index in [9.17, 15) is 13.2 Å². The van der Waals surface area contributed by atoms with E-state index in [0.717, 1.165) is 0 Å². The molecule has 0 heterocycles. The maximum atomic E-state index is 11.3. The van der Waals surface area contributed by atoms with Crippen molar-refractivity contribution in [3.05, 3.63) is 0 Å². The van der Waals surface area contributed by atoms with Crippen LogP contribution in [0.15, 0.2) is 0 Å². The molecule has 0 aliphatic rings. The van der Waals surface area contributed by atoms with Crippen molar-refractivity contribution >= 4 is 0 Å². The largest absolute Gasteiger partial charge is 0.391 e. The van der Waals surface area contributed by atoms with Gasteiger partial charge in [-0.15, -0.1) is 0 Å². The molecule has 0 N–H and O–H groups in total. The van der Waals surface area contributed by atoms with Crippen molar-refractivity contribution in [3.63, 3.8) is 0 Å². The quantitative estimate of drug-likeness (QED) is 0.575. The van der Waals surface area contributed by atoms with E-state index < -0.39 is 19.2 Å². The van der Waals surface area contributed by atoms with Crippen LogP contribution in [0.2, 0.25) is 0 Å². The lowest BCUT2D eigenvalue weighted by Crippen LogP contribution is -2.11. The monoisotopic (exact) mass is 153 g/mol. The van der Waals surface area contributed by atoms with E-state index in [2.05, 4.69) is 4.74 Å². The van der Waals surface area contributed by atoms with Crippen LogP contribution in [0.4, 0.5) is 13.2 Å². The van der Waals surface area contributed by atoms with Gasteiger partial charge in [0.2, 0.25) is 0 Å². The third-order valence-corrected chi connectivity index (χ3v) is 0.696. The second kappa shape index (κ2) is 4.12. The van der Waals surface area contributed by atoms with Gasteiger partial charge in [0.05, 0.1) is 19.1 Å². The molecular formula is C5H6F3NO. The number of hydrogen-bond donors (Lipinski definition) is 0. The summed E-state index contributed by atoms with van der Waals surface area (Å²) in [5.41, 5.74) is 0. The Morgan fingerprint density at radius 2 is 2.00 bits per heavy atom. The van der Waals surface area contributed by atoms with Gasteiger partial charge in [-0.3, -0.25) is 0 Å². The van der Waals surface area contributed by atoms with Crippen molar-refractivity contribution in [3.8, 4) is 6.07 Å². The fraction of sp³-hybridized carbons (Fsp3) is 0.800. The number of hydrogen-bond acceptors (Lipinski definition) is 2. The Morgan fingerprint density at radius 3 is 2.40 bits per heavy atom. The van der Waals surface area contributed by atoms with E-state index in [4.69, 9.17) is 5.26 Å². The van der Waals surface area contributed by atoms with Crippen LogP contribution in [0.5, 0.6) is 0 Å². The van der Waals surface area contributed by atoms with Gasteiger partial charge in [0.1, 0.15) is 6.61 Å². The second-order valence-corrected chi connectivity index (χ2v) is 1.58. The Labute approximate surface area is 56.2 Å². The van der Waals surface area contributed by atoms with Crippen molar-refractivity contribution in [1.29, 1.82) is 5.26 Å². The van der Waals surface area contributed by atoms with Gasteiger partial charge in [0.25, 0.3) is 0 Å². The van der Waals surface area contributed by atoms with E-state index >= 15 is 0 Å². The van der Waals surface area contributed by atoms with Crippen LogP contribution >= 0.6 is 0 Å². The maximum Gasteiger partial charge on any atom is 0.391 e. The lowest BCUT2D eigenvalue weighted by Gasteiger charge is -2.03. The topological polar surface area (TPSA) is 33.0 Å². The highest BCUT2D eigenvalue weighted by Crippen LogP contribution is 2.18. The number of rotatable bonds is 3. The summed E-state index contributed by atoms with van der Waals surface area (Å²) in [6, 6.07) is 1.56. The molecule has 0 spiro atoms. The summed E-state index contributed by atoms with van der Waals surface area (Å²) in [5, 5.41) is 7.84. The first-order chi connectivity index (χ1) is 4.56. The first-order valence-electron chi connectivity index (χ1n) is 2.58. The van der Waals surface area contributed by atoms with E-state index in [1.165, 1.54) is 0 Å². The lowest BCUT2D eigenvalue weighted by atomic mass is 10.4. The Balaban J connectivity index is 3.14. The van der Waals surface area contributed by atoms with Gasteiger partial charge in [-0.1, -0.05) is 0 Å². The molecule has 0 bridgehead atoms. The number of nitriles is 1. The molecule has 10 heavy (non-hydrogen) atoms. The normalized spacial score (nSPS) is 11.0. The predicted octanol–water partition coefficient (Wildman–Crippen LogP) is 1.48. The Hall–Kier alpha value is -0.760. The van der Waals surface area contributed by atoms with Crippen LogP contribution < -0.4 is 0 Å². The standard InChI is InChI=1S/C5H6F3NO/c6-5(7,8)1-3-10-4-2-9/h1,3-4H2. The summed E-state index contributed by atoms with van der Waals surface area (Å²) in [5.74, 6) is 0. The smallest absolute Gasteiger partial charge is 0.366 e. The average molecular weight is 153 g/mol. The van der Waals surface area contributed by atoms with E-state index in [1.807, 2.05) is 0 Å². The van der Waals surface area contributed by atoms with Gasteiger partial charge in [0, 0.05) is 0 Å². The molecule has 0 saturated carbocycles. The molecule has 0 aliphatic heterocycles.